The van der Waals surface area contributed by atoms with Gasteiger partial charge in [0.05, 0.1) is 39.1 Å². The van der Waals surface area contributed by atoms with Gasteiger partial charge in [0.25, 0.3) is 0 Å². The van der Waals surface area contributed by atoms with Gasteiger partial charge in [0.15, 0.2) is 5.96 Å². The van der Waals surface area contributed by atoms with Crippen LogP contribution in [0, 0.1) is 12.8 Å². The van der Waals surface area contributed by atoms with Crippen LogP contribution in [0.25, 0.3) is 0 Å². The number of guanidine groups is 1. The number of morpholine rings is 1. The van der Waals surface area contributed by atoms with Crippen molar-refractivity contribution in [2.75, 3.05) is 79.9 Å². The molecule has 1 N–H and O–H groups in total. The molecule has 2 aliphatic rings. The number of furan rings is 1. The van der Waals surface area contributed by atoms with Crippen LogP contribution in [-0.4, -0.2) is 95.7 Å². The Balaban J connectivity index is 0.00000320. The first-order valence-corrected chi connectivity index (χ1v) is 10.6. The Hall–Kier alpha value is -0.880. The molecule has 30 heavy (non-hydrogen) atoms. The lowest BCUT2D eigenvalue weighted by atomic mass is 10.1. The summed E-state index contributed by atoms with van der Waals surface area (Å²) in [4.78, 5) is 9.28. The highest BCUT2D eigenvalue weighted by molar-refractivity contribution is 14.0. The van der Waals surface area contributed by atoms with Crippen LogP contribution in [-0.2, 0) is 14.2 Å². The highest BCUT2D eigenvalue weighted by Crippen LogP contribution is 2.24. The number of aliphatic imine (C=N–C) groups is 1. The number of hydrogen-bond acceptors (Lipinski definition) is 6. The average Bonchev–Trinajstić information content (AvgIpc) is 3.39. The maximum absolute atomic E-state index is 5.97. The Morgan fingerprint density at radius 2 is 2.07 bits per heavy atom. The molecular formula is C21H37IN4O4. The average molecular weight is 536 g/mol. The normalized spacial score (nSPS) is 21.5. The van der Waals surface area contributed by atoms with Gasteiger partial charge in [-0.2, -0.15) is 0 Å². The second kappa shape index (κ2) is 13.5. The van der Waals surface area contributed by atoms with E-state index in [4.69, 9.17) is 18.6 Å². The molecule has 1 aromatic rings. The van der Waals surface area contributed by atoms with Crippen molar-refractivity contribution in [3.8, 4) is 0 Å². The van der Waals surface area contributed by atoms with Crippen LogP contribution in [0.15, 0.2) is 21.5 Å². The van der Waals surface area contributed by atoms with Crippen molar-refractivity contribution in [1.82, 2.24) is 15.1 Å². The molecule has 0 amide bonds. The molecule has 0 radical (unpaired) electrons. The highest BCUT2D eigenvalue weighted by Gasteiger charge is 2.28. The van der Waals surface area contributed by atoms with Gasteiger partial charge in [-0.15, -0.1) is 24.0 Å². The van der Waals surface area contributed by atoms with Crippen molar-refractivity contribution in [2.45, 2.75) is 19.4 Å². The minimum atomic E-state index is 0. The van der Waals surface area contributed by atoms with E-state index >= 15 is 0 Å². The number of halogens is 1. The van der Waals surface area contributed by atoms with E-state index in [9.17, 15) is 0 Å². The number of aryl methyl sites for hydroxylation is 1. The number of ether oxygens (including phenoxy) is 3. The smallest absolute Gasteiger partial charge is 0.193 e. The fourth-order valence-corrected chi connectivity index (χ4v) is 4.00. The summed E-state index contributed by atoms with van der Waals surface area (Å²) in [6, 6.07) is 4.29. The van der Waals surface area contributed by atoms with E-state index in [1.165, 1.54) is 0 Å². The second-order valence-electron chi connectivity index (χ2n) is 7.71. The van der Waals surface area contributed by atoms with Gasteiger partial charge >= 0.3 is 0 Å². The first kappa shape index (κ1) is 25.4. The first-order chi connectivity index (χ1) is 14.2. The molecule has 3 heterocycles. The molecule has 9 heteroatoms. The fourth-order valence-electron chi connectivity index (χ4n) is 4.00. The lowest BCUT2D eigenvalue weighted by molar-refractivity contribution is 0.0123. The van der Waals surface area contributed by atoms with Gasteiger partial charge in [0.2, 0.25) is 0 Å². The Bertz CT molecular complexity index is 636. The molecule has 1 aromatic heterocycles. The topological polar surface area (TPSA) is 71.7 Å². The van der Waals surface area contributed by atoms with Crippen molar-refractivity contribution in [1.29, 1.82) is 0 Å². The van der Waals surface area contributed by atoms with Gasteiger partial charge < -0.3 is 28.8 Å². The third-order valence-corrected chi connectivity index (χ3v) is 5.61. The monoisotopic (exact) mass is 536 g/mol. The number of methoxy groups -OCH3 is 1. The van der Waals surface area contributed by atoms with Gasteiger partial charge in [-0.1, -0.05) is 0 Å². The SMILES string of the molecule is CN=C(NCC(c1ccc(C)o1)N1CCOCC1)N1CCC(COCCOC)C1.I. The molecular weight excluding hydrogens is 499 g/mol. The molecule has 2 saturated heterocycles. The molecule has 0 bridgehead atoms. The van der Waals surface area contributed by atoms with Crippen molar-refractivity contribution < 1.29 is 18.6 Å². The number of hydrogen-bond donors (Lipinski definition) is 1. The molecule has 0 aromatic carbocycles. The number of rotatable bonds is 9. The van der Waals surface area contributed by atoms with Gasteiger partial charge in [-0.3, -0.25) is 9.89 Å². The van der Waals surface area contributed by atoms with Crippen LogP contribution in [0.4, 0.5) is 0 Å². The molecule has 172 valence electrons. The van der Waals surface area contributed by atoms with Crippen LogP contribution in [0.1, 0.15) is 24.0 Å². The number of nitrogens with zero attached hydrogens (tertiary/aromatic N) is 3. The van der Waals surface area contributed by atoms with E-state index in [0.29, 0.717) is 19.1 Å². The molecule has 0 saturated carbocycles. The summed E-state index contributed by atoms with van der Waals surface area (Å²) in [5.74, 6) is 3.43. The molecule has 0 aliphatic carbocycles. The van der Waals surface area contributed by atoms with E-state index in [1.807, 2.05) is 20.0 Å². The fraction of sp³-hybridized carbons (Fsp3) is 0.762. The largest absolute Gasteiger partial charge is 0.465 e. The van der Waals surface area contributed by atoms with Crippen molar-refractivity contribution in [3.63, 3.8) is 0 Å². The highest BCUT2D eigenvalue weighted by atomic mass is 127. The van der Waals surface area contributed by atoms with Gasteiger partial charge in [0.1, 0.15) is 11.5 Å². The van der Waals surface area contributed by atoms with Gasteiger partial charge in [0, 0.05) is 52.8 Å². The summed E-state index contributed by atoms with van der Waals surface area (Å²) in [5, 5.41) is 3.59. The minimum absolute atomic E-state index is 0. The molecule has 3 rings (SSSR count). The second-order valence-corrected chi connectivity index (χ2v) is 7.71. The molecule has 0 spiro atoms. The van der Waals surface area contributed by atoms with E-state index < -0.39 is 0 Å². The van der Waals surface area contributed by atoms with E-state index in [2.05, 4.69) is 26.2 Å². The zero-order valence-corrected chi connectivity index (χ0v) is 20.8. The lowest BCUT2D eigenvalue weighted by Crippen LogP contribution is -2.47. The molecule has 2 fully saturated rings. The van der Waals surface area contributed by atoms with Gasteiger partial charge in [-0.05, 0) is 25.5 Å². The van der Waals surface area contributed by atoms with E-state index in [0.717, 1.165) is 76.4 Å². The standard InChI is InChI=1S/C21H36N4O4.HI/c1-17-4-5-20(29-17)19(24-8-10-27-11-9-24)14-23-21(22-2)25-7-6-18(15-25)16-28-13-12-26-3;/h4-5,18-19H,6-16H2,1-3H3,(H,22,23);1H. The van der Waals surface area contributed by atoms with Crippen LogP contribution >= 0.6 is 24.0 Å². The molecule has 2 atom stereocenters. The van der Waals surface area contributed by atoms with Crippen LogP contribution < -0.4 is 5.32 Å². The van der Waals surface area contributed by atoms with Crippen LogP contribution in [0.3, 0.4) is 0 Å². The number of nitrogens with one attached hydrogen (secondary N) is 1. The maximum atomic E-state index is 5.97. The molecule has 2 aliphatic heterocycles. The Morgan fingerprint density at radius 1 is 1.27 bits per heavy atom. The Kier molecular flexibility index (Phi) is 11.4. The third kappa shape index (κ3) is 7.37. The van der Waals surface area contributed by atoms with Crippen molar-refractivity contribution >= 4 is 29.9 Å². The third-order valence-electron chi connectivity index (χ3n) is 5.61. The van der Waals surface area contributed by atoms with Crippen molar-refractivity contribution in [3.05, 3.63) is 23.7 Å². The van der Waals surface area contributed by atoms with Crippen LogP contribution in [0.5, 0.6) is 0 Å². The summed E-state index contributed by atoms with van der Waals surface area (Å²) in [7, 11) is 3.55. The quantitative estimate of drug-likeness (QED) is 0.225. The Morgan fingerprint density at radius 3 is 2.73 bits per heavy atom. The number of likely N-dealkylation sites (tertiary alicyclic amines) is 1. The van der Waals surface area contributed by atoms with Crippen LogP contribution in [0.2, 0.25) is 0 Å². The summed E-state index contributed by atoms with van der Waals surface area (Å²) in [5.41, 5.74) is 0. The van der Waals surface area contributed by atoms with Gasteiger partial charge in [-0.25, -0.2) is 0 Å². The lowest BCUT2D eigenvalue weighted by Gasteiger charge is -2.34. The summed E-state index contributed by atoms with van der Waals surface area (Å²) >= 11 is 0. The van der Waals surface area contributed by atoms with Crippen molar-refractivity contribution in [2.24, 2.45) is 10.9 Å². The van der Waals surface area contributed by atoms with E-state index in [-0.39, 0.29) is 30.0 Å². The predicted octanol–water partition coefficient (Wildman–Crippen LogP) is 2.14. The Labute approximate surface area is 197 Å². The zero-order chi connectivity index (χ0) is 20.5. The summed E-state index contributed by atoms with van der Waals surface area (Å²) in [6.07, 6.45) is 1.12. The summed E-state index contributed by atoms with van der Waals surface area (Å²) < 4.78 is 22.3. The predicted molar refractivity (Wildman–Crippen MR) is 128 cm³/mol. The molecule has 2 unspecified atom stereocenters. The zero-order valence-electron chi connectivity index (χ0n) is 18.5. The van der Waals surface area contributed by atoms with E-state index in [1.54, 1.807) is 7.11 Å². The maximum Gasteiger partial charge on any atom is 0.193 e. The minimum Gasteiger partial charge on any atom is -0.465 e. The molecule has 8 nitrogen and oxygen atoms in total. The first-order valence-electron chi connectivity index (χ1n) is 10.6. The summed E-state index contributed by atoms with van der Waals surface area (Å²) in [6.45, 7) is 10.1.